The summed E-state index contributed by atoms with van der Waals surface area (Å²) >= 11 is -3.76. The van der Waals surface area contributed by atoms with Crippen molar-refractivity contribution in [2.24, 2.45) is 0 Å². The van der Waals surface area contributed by atoms with E-state index < -0.39 is 21.1 Å². The van der Waals surface area contributed by atoms with Crippen LogP contribution in [0.2, 0.25) is 0 Å². The molecule has 1 N–H and O–H groups in total. The summed E-state index contributed by atoms with van der Waals surface area (Å²) in [5.74, 6) is 0. The Morgan fingerprint density at radius 1 is 1.40 bits per heavy atom. The van der Waals surface area contributed by atoms with Crippen LogP contribution >= 0.6 is 0 Å². The molecule has 0 spiro atoms. The summed E-state index contributed by atoms with van der Waals surface area (Å²) in [6.07, 6.45) is 0. The molecule has 26 valence electrons. The molecule has 0 rings (SSSR count). The maximum Gasteiger partial charge on any atom is 2.00 e. The summed E-state index contributed by atoms with van der Waals surface area (Å²) in [4.78, 5) is 0. The predicted octanol–water partition coefficient (Wildman–Crippen LogP) is -5.93. The Morgan fingerprint density at radius 2 is 1.40 bits per heavy atom. The Morgan fingerprint density at radius 3 is 1.40 bits per heavy atom. The van der Waals surface area contributed by atoms with Gasteiger partial charge in [-0.2, -0.15) is 0 Å². The van der Waals surface area contributed by atoms with Crippen LogP contribution in [0.15, 0.2) is 0 Å². The van der Waals surface area contributed by atoms with Gasteiger partial charge in [-0.05, 0) is 3.44 Å². The number of hydrogen-bond acceptors (Lipinski definition) is 3. The first kappa shape index (κ1) is 9.53. The number of hydrogen-bond donors (Lipinski definition) is 1. The van der Waals surface area contributed by atoms with Crippen molar-refractivity contribution in [2.75, 3.05) is 0 Å². The molecule has 0 aliphatic carbocycles. The molecular weight excluding hydrogens is 240 g/mol. The fourth-order valence-electron chi connectivity index (χ4n) is 0. The minimum atomic E-state index is -3.76. The van der Waals surface area contributed by atoms with Crippen LogP contribution in [-0.4, -0.2) is 3.44 Å². The van der Waals surface area contributed by atoms with Gasteiger partial charge in [-0.25, -0.2) is 0 Å². The van der Waals surface area contributed by atoms with Crippen LogP contribution in [0.1, 0.15) is 0 Å². The van der Waals surface area contributed by atoms with Crippen LogP contribution in [0.3, 0.4) is 0 Å². The van der Waals surface area contributed by atoms with Gasteiger partial charge in [-0.3, -0.25) is 0 Å². The molecule has 0 saturated heterocycles. The van der Waals surface area contributed by atoms with Crippen molar-refractivity contribution >= 4 is 0 Å². The van der Waals surface area contributed by atoms with E-state index in [1.54, 1.807) is 0 Å². The third kappa shape index (κ3) is 36.0. The molecule has 0 radical (unpaired) electrons. The SMILES string of the molecule is [O-][I+2]([O-])O.[Zn+2]. The summed E-state index contributed by atoms with van der Waals surface area (Å²) in [5, 5.41) is 0. The third-order valence-electron chi connectivity index (χ3n) is 0. The Kier molecular flexibility index (Phi) is 9.97. The second kappa shape index (κ2) is 5.23. The Bertz CT molecular complexity index is 11.6. The van der Waals surface area contributed by atoms with Gasteiger partial charge in [0.05, 0.1) is 0 Å². The Labute approximate surface area is 50.8 Å². The molecule has 0 unspecified atom stereocenters. The van der Waals surface area contributed by atoms with Crippen molar-refractivity contribution in [1.29, 1.82) is 0 Å². The van der Waals surface area contributed by atoms with E-state index in [1.165, 1.54) is 0 Å². The van der Waals surface area contributed by atoms with Crippen molar-refractivity contribution in [3.63, 3.8) is 0 Å². The quantitative estimate of drug-likeness (QED) is 0.339. The predicted molar refractivity (Wildman–Crippen MR) is 2.22 cm³/mol. The maximum atomic E-state index is 8.68. The van der Waals surface area contributed by atoms with Crippen molar-refractivity contribution in [1.82, 2.24) is 0 Å². The maximum absolute atomic E-state index is 8.68. The molecule has 0 fully saturated rings. The molecule has 0 amide bonds. The normalized spacial score (nSPS) is 7.20. The van der Waals surface area contributed by atoms with Gasteiger partial charge in [0, 0.05) is 0 Å². The first-order valence-corrected chi connectivity index (χ1v) is 3.20. The largest absolute Gasteiger partial charge is 2.00 e. The van der Waals surface area contributed by atoms with Crippen LogP contribution in [-0.2, 0) is 19.5 Å². The zero-order chi connectivity index (χ0) is 3.58. The molecule has 0 atom stereocenters. The zero-order valence-electron chi connectivity index (χ0n) is 2.35. The summed E-state index contributed by atoms with van der Waals surface area (Å²) in [5.41, 5.74) is 0. The molecular formula is HIO3Zn+2. The van der Waals surface area contributed by atoms with Gasteiger partial charge >= 0.3 is 40.5 Å². The fraction of sp³-hybridized carbons (Fsp3) is 0. The first-order valence-electron chi connectivity index (χ1n) is 0.478. The fourth-order valence-corrected chi connectivity index (χ4v) is 0. The van der Waals surface area contributed by atoms with Gasteiger partial charge in [0.2, 0.25) is 0 Å². The van der Waals surface area contributed by atoms with Gasteiger partial charge in [0.25, 0.3) is 0 Å². The third-order valence-corrected chi connectivity index (χ3v) is 0. The molecule has 5 heavy (non-hydrogen) atoms. The van der Waals surface area contributed by atoms with Gasteiger partial charge in [-0.1, -0.05) is 0 Å². The standard InChI is InChI=1S/HIO3.Zn/c2-1(3)4;/h2H;/q;+2. The first-order chi connectivity index (χ1) is 1.73. The van der Waals surface area contributed by atoms with E-state index >= 15 is 0 Å². The van der Waals surface area contributed by atoms with E-state index in [0.29, 0.717) is 0 Å². The van der Waals surface area contributed by atoms with Crippen LogP contribution in [0.4, 0.5) is 0 Å². The summed E-state index contributed by atoms with van der Waals surface area (Å²) in [6, 6.07) is 0. The van der Waals surface area contributed by atoms with E-state index in [2.05, 4.69) is 0 Å². The number of rotatable bonds is 0. The minimum absolute atomic E-state index is 0. The van der Waals surface area contributed by atoms with Crippen LogP contribution < -0.4 is 27.9 Å². The molecule has 0 aliphatic heterocycles. The Balaban J connectivity index is 0. The van der Waals surface area contributed by atoms with Crippen LogP contribution in [0, 0.1) is 0 Å². The Hall–Kier alpha value is 1.23. The van der Waals surface area contributed by atoms with Crippen molar-refractivity contribution in [3.8, 4) is 0 Å². The average molecular weight is 241 g/mol. The summed E-state index contributed by atoms with van der Waals surface area (Å²) in [6.45, 7) is 0. The molecule has 0 heterocycles. The van der Waals surface area contributed by atoms with E-state index in [9.17, 15) is 0 Å². The molecule has 5 heteroatoms. The smallest absolute Gasteiger partial charge is 0.396 e. The topological polar surface area (TPSA) is 66.3 Å². The van der Waals surface area contributed by atoms with Crippen molar-refractivity contribution in [3.05, 3.63) is 0 Å². The van der Waals surface area contributed by atoms with Crippen molar-refractivity contribution in [2.45, 2.75) is 0 Å². The second-order valence-corrected chi connectivity index (χ2v) is 1.35. The van der Waals surface area contributed by atoms with Crippen molar-refractivity contribution < 1.29 is 50.9 Å². The molecule has 3 nitrogen and oxygen atoms in total. The molecule has 0 aromatic carbocycles. The molecule has 0 aromatic heterocycles. The second-order valence-electron chi connectivity index (χ2n) is 0.201. The van der Waals surface area contributed by atoms with Gasteiger partial charge in [0.15, 0.2) is 0 Å². The average Bonchev–Trinajstić information content (AvgIpc) is 0.811. The van der Waals surface area contributed by atoms with E-state index in [-0.39, 0.29) is 19.5 Å². The summed E-state index contributed by atoms with van der Waals surface area (Å²) in [7, 11) is 0. The van der Waals surface area contributed by atoms with E-state index in [1.807, 2.05) is 0 Å². The molecule has 0 aromatic rings. The summed E-state index contributed by atoms with van der Waals surface area (Å²) < 4.78 is 24.5. The molecule has 0 bridgehead atoms. The van der Waals surface area contributed by atoms with Gasteiger partial charge < -0.3 is 6.87 Å². The van der Waals surface area contributed by atoms with E-state index in [4.69, 9.17) is 10.3 Å². The van der Waals surface area contributed by atoms with Gasteiger partial charge in [0.1, 0.15) is 0 Å². The van der Waals surface area contributed by atoms with E-state index in [0.717, 1.165) is 0 Å². The van der Waals surface area contributed by atoms with Crippen LogP contribution in [0.5, 0.6) is 0 Å². The minimum Gasteiger partial charge on any atom is -0.396 e. The monoisotopic (exact) mass is 240 g/mol. The zero-order valence-corrected chi connectivity index (χ0v) is 7.47. The van der Waals surface area contributed by atoms with Crippen LogP contribution in [0.25, 0.3) is 0 Å². The van der Waals surface area contributed by atoms with Gasteiger partial charge in [-0.15, -0.1) is 0 Å². The molecule has 0 aliphatic rings. The molecule has 0 saturated carbocycles. The number of halogens is 1.